The number of ether oxygens (including phenoxy) is 1. The van der Waals surface area contributed by atoms with E-state index in [9.17, 15) is 0 Å². The molecule has 0 fully saturated rings. The summed E-state index contributed by atoms with van der Waals surface area (Å²) in [5, 5.41) is 4.07. The van der Waals surface area contributed by atoms with Gasteiger partial charge in [0.05, 0.1) is 6.61 Å². The lowest BCUT2D eigenvalue weighted by molar-refractivity contribution is 0.302. The summed E-state index contributed by atoms with van der Waals surface area (Å²) in [5.41, 5.74) is 2.89. The van der Waals surface area contributed by atoms with Gasteiger partial charge in [-0.15, -0.1) is 0 Å². The van der Waals surface area contributed by atoms with Crippen LogP contribution in [0, 0.1) is 5.41 Å². The molecule has 2 nitrogen and oxygen atoms in total. The molecular weight excluding hydrogens is 258 g/mol. The molecule has 0 aliphatic carbocycles. The third-order valence-corrected chi connectivity index (χ3v) is 4.17. The molecule has 1 heterocycles. The summed E-state index contributed by atoms with van der Waals surface area (Å²) >= 11 is 6.20. The molecule has 1 aromatic rings. The first kappa shape index (κ1) is 14.7. The number of hydrogen-bond donors (Lipinski definition) is 1. The highest BCUT2D eigenvalue weighted by Crippen LogP contribution is 2.36. The predicted molar refractivity (Wildman–Crippen MR) is 81.3 cm³/mol. The summed E-state index contributed by atoms with van der Waals surface area (Å²) in [6.07, 6.45) is 4.38. The van der Waals surface area contributed by atoms with Crippen LogP contribution in [0.5, 0.6) is 5.75 Å². The Morgan fingerprint density at radius 2 is 2.11 bits per heavy atom. The molecule has 2 rings (SSSR count). The Balaban J connectivity index is 2.04. The normalized spacial score (nSPS) is 14.3. The third kappa shape index (κ3) is 3.87. The molecule has 0 radical (unpaired) electrons. The van der Waals surface area contributed by atoms with Crippen molar-refractivity contribution >= 4 is 11.6 Å². The number of benzene rings is 1. The van der Waals surface area contributed by atoms with Gasteiger partial charge < -0.3 is 10.1 Å². The molecule has 0 aromatic heterocycles. The first-order chi connectivity index (χ1) is 9.02. The van der Waals surface area contributed by atoms with Crippen molar-refractivity contribution in [2.75, 3.05) is 20.2 Å². The lowest BCUT2D eigenvalue weighted by Gasteiger charge is -2.25. The highest BCUT2D eigenvalue weighted by Gasteiger charge is 2.21. The van der Waals surface area contributed by atoms with E-state index in [-0.39, 0.29) is 0 Å². The molecule has 1 aliphatic rings. The van der Waals surface area contributed by atoms with Crippen LogP contribution >= 0.6 is 11.6 Å². The fraction of sp³-hybridized carbons (Fsp3) is 0.625. The maximum Gasteiger partial charge on any atom is 0.125 e. The summed E-state index contributed by atoms with van der Waals surface area (Å²) in [6, 6.07) is 4.11. The van der Waals surface area contributed by atoms with E-state index in [1.807, 2.05) is 13.1 Å². The summed E-state index contributed by atoms with van der Waals surface area (Å²) in [5.74, 6) is 1.09. The Kier molecular flexibility index (Phi) is 4.75. The number of halogens is 1. The molecule has 0 amide bonds. The zero-order valence-corrected chi connectivity index (χ0v) is 12.9. The van der Waals surface area contributed by atoms with Crippen LogP contribution in [0.4, 0.5) is 0 Å². The highest BCUT2D eigenvalue weighted by atomic mass is 35.5. The predicted octanol–water partition coefficient (Wildman–Crippen LogP) is 3.84. The third-order valence-electron chi connectivity index (χ3n) is 3.95. The zero-order chi connectivity index (χ0) is 13.9. The molecule has 3 heteroatoms. The van der Waals surface area contributed by atoms with Gasteiger partial charge in [0.2, 0.25) is 0 Å². The molecule has 0 bridgehead atoms. The van der Waals surface area contributed by atoms with Crippen LogP contribution in [0.15, 0.2) is 12.1 Å². The van der Waals surface area contributed by atoms with Crippen molar-refractivity contribution in [1.82, 2.24) is 5.32 Å². The molecule has 0 unspecified atom stereocenters. The van der Waals surface area contributed by atoms with Crippen LogP contribution in [0.25, 0.3) is 0 Å². The number of nitrogens with one attached hydrogen (secondary N) is 1. The number of aryl methyl sites for hydroxylation is 1. The molecule has 0 spiro atoms. The van der Waals surface area contributed by atoms with Gasteiger partial charge in [-0.2, -0.15) is 0 Å². The van der Waals surface area contributed by atoms with Crippen LogP contribution in [-0.4, -0.2) is 20.2 Å². The smallest absolute Gasteiger partial charge is 0.125 e. The Morgan fingerprint density at radius 3 is 2.84 bits per heavy atom. The van der Waals surface area contributed by atoms with E-state index in [1.54, 1.807) is 0 Å². The van der Waals surface area contributed by atoms with E-state index in [0.717, 1.165) is 43.2 Å². The largest absolute Gasteiger partial charge is 0.493 e. The van der Waals surface area contributed by atoms with Crippen molar-refractivity contribution in [2.45, 2.75) is 39.5 Å². The van der Waals surface area contributed by atoms with Crippen molar-refractivity contribution in [2.24, 2.45) is 5.41 Å². The van der Waals surface area contributed by atoms with E-state index in [2.05, 4.69) is 25.2 Å². The van der Waals surface area contributed by atoms with Gasteiger partial charge in [0.25, 0.3) is 0 Å². The van der Waals surface area contributed by atoms with Gasteiger partial charge in [0.1, 0.15) is 5.75 Å². The first-order valence-electron chi connectivity index (χ1n) is 7.10. The van der Waals surface area contributed by atoms with E-state index in [0.29, 0.717) is 5.41 Å². The fourth-order valence-corrected chi connectivity index (χ4v) is 2.86. The van der Waals surface area contributed by atoms with Gasteiger partial charge in [-0.05, 0) is 61.5 Å². The minimum absolute atomic E-state index is 0.344. The van der Waals surface area contributed by atoms with E-state index >= 15 is 0 Å². The van der Waals surface area contributed by atoms with E-state index < -0.39 is 0 Å². The van der Waals surface area contributed by atoms with Crippen molar-refractivity contribution in [3.63, 3.8) is 0 Å². The molecule has 1 aliphatic heterocycles. The second-order valence-corrected chi connectivity index (χ2v) is 6.61. The second kappa shape index (κ2) is 6.15. The molecule has 19 heavy (non-hydrogen) atoms. The van der Waals surface area contributed by atoms with Crippen LogP contribution in [0.3, 0.4) is 0 Å². The summed E-state index contributed by atoms with van der Waals surface area (Å²) in [4.78, 5) is 0. The number of hydrogen-bond acceptors (Lipinski definition) is 2. The van der Waals surface area contributed by atoms with Gasteiger partial charge in [0.15, 0.2) is 0 Å². The Hall–Kier alpha value is -0.730. The Morgan fingerprint density at radius 1 is 1.32 bits per heavy atom. The Labute approximate surface area is 121 Å². The lowest BCUT2D eigenvalue weighted by Crippen LogP contribution is -2.20. The molecule has 106 valence electrons. The first-order valence-corrected chi connectivity index (χ1v) is 7.48. The van der Waals surface area contributed by atoms with Crippen LogP contribution in [-0.2, 0) is 12.8 Å². The molecule has 1 N–H and O–H groups in total. The van der Waals surface area contributed by atoms with E-state index in [4.69, 9.17) is 16.3 Å². The van der Waals surface area contributed by atoms with Crippen molar-refractivity contribution in [1.29, 1.82) is 0 Å². The maximum absolute atomic E-state index is 6.20. The highest BCUT2D eigenvalue weighted by molar-refractivity contribution is 6.30. The zero-order valence-electron chi connectivity index (χ0n) is 12.2. The molecular formula is C16H24ClNO. The summed E-state index contributed by atoms with van der Waals surface area (Å²) in [7, 11) is 2.01. The Bertz CT molecular complexity index is 443. The molecule has 0 atom stereocenters. The number of fused-ring (bicyclic) bond motifs is 1. The minimum Gasteiger partial charge on any atom is -0.493 e. The monoisotopic (exact) mass is 281 g/mol. The SMILES string of the molecule is CNCCC(C)(C)CCc1cc(Cl)cc2c1OCC2. The average molecular weight is 282 g/mol. The van der Waals surface area contributed by atoms with Gasteiger partial charge in [-0.3, -0.25) is 0 Å². The topological polar surface area (TPSA) is 21.3 Å². The van der Waals surface area contributed by atoms with Gasteiger partial charge in [-0.1, -0.05) is 25.4 Å². The van der Waals surface area contributed by atoms with Gasteiger partial charge >= 0.3 is 0 Å². The van der Waals surface area contributed by atoms with E-state index in [1.165, 1.54) is 17.5 Å². The molecule has 0 saturated carbocycles. The van der Waals surface area contributed by atoms with Crippen molar-refractivity contribution < 1.29 is 4.74 Å². The van der Waals surface area contributed by atoms with Crippen molar-refractivity contribution in [3.8, 4) is 5.75 Å². The molecule has 0 saturated heterocycles. The van der Waals surface area contributed by atoms with Crippen LogP contribution in [0.1, 0.15) is 37.8 Å². The standard InChI is InChI=1S/C16H24ClNO/c1-16(2,7-8-18-3)6-4-12-10-14(17)11-13-5-9-19-15(12)13/h10-11,18H,4-9H2,1-3H3. The fourth-order valence-electron chi connectivity index (χ4n) is 2.59. The van der Waals surface area contributed by atoms with Crippen molar-refractivity contribution in [3.05, 3.63) is 28.3 Å². The van der Waals surface area contributed by atoms with Gasteiger partial charge in [0, 0.05) is 11.4 Å². The summed E-state index contributed by atoms with van der Waals surface area (Å²) in [6.45, 7) is 6.52. The van der Waals surface area contributed by atoms with Gasteiger partial charge in [-0.25, -0.2) is 0 Å². The van der Waals surface area contributed by atoms with Crippen LogP contribution < -0.4 is 10.1 Å². The quantitative estimate of drug-likeness (QED) is 0.855. The minimum atomic E-state index is 0.344. The lowest BCUT2D eigenvalue weighted by atomic mass is 9.83. The molecule has 1 aromatic carbocycles. The van der Waals surface area contributed by atoms with Crippen LogP contribution in [0.2, 0.25) is 5.02 Å². The second-order valence-electron chi connectivity index (χ2n) is 6.17. The maximum atomic E-state index is 6.20. The average Bonchev–Trinajstić information content (AvgIpc) is 2.81. The summed E-state index contributed by atoms with van der Waals surface area (Å²) < 4.78 is 5.76. The number of rotatable bonds is 6.